The lowest BCUT2D eigenvalue weighted by Gasteiger charge is -2.39. The fraction of sp³-hybridized carbons (Fsp3) is 0.714. The second-order valence-electron chi connectivity index (χ2n) is 8.20. The van der Waals surface area contributed by atoms with E-state index in [9.17, 15) is 9.59 Å². The van der Waals surface area contributed by atoms with Gasteiger partial charge in [-0.3, -0.25) is 9.59 Å². The molecule has 1 aromatic heterocycles. The summed E-state index contributed by atoms with van der Waals surface area (Å²) >= 11 is 0. The second kappa shape index (κ2) is 9.96. The zero-order chi connectivity index (χ0) is 19.8. The van der Waals surface area contributed by atoms with Gasteiger partial charge in [-0.15, -0.1) is 0 Å². The summed E-state index contributed by atoms with van der Waals surface area (Å²) in [6, 6.07) is 0. The van der Waals surface area contributed by atoms with Crippen LogP contribution >= 0.6 is 0 Å². The highest BCUT2D eigenvalue weighted by molar-refractivity contribution is 5.81. The fourth-order valence-electron chi connectivity index (χ4n) is 4.26. The van der Waals surface area contributed by atoms with Gasteiger partial charge in [-0.25, -0.2) is 9.97 Å². The van der Waals surface area contributed by atoms with E-state index in [1.54, 1.807) is 19.5 Å². The molecule has 1 unspecified atom stereocenters. The molecular formula is C21H32N4O3. The normalized spacial score (nSPS) is 20.0. The maximum Gasteiger partial charge on any atom is 0.249 e. The van der Waals surface area contributed by atoms with Gasteiger partial charge >= 0.3 is 0 Å². The van der Waals surface area contributed by atoms with Gasteiger partial charge in [-0.2, -0.15) is 0 Å². The lowest BCUT2D eigenvalue weighted by Crippen LogP contribution is -2.58. The smallest absolute Gasteiger partial charge is 0.249 e. The van der Waals surface area contributed by atoms with E-state index in [2.05, 4.69) is 20.6 Å². The van der Waals surface area contributed by atoms with Gasteiger partial charge in [0.15, 0.2) is 0 Å². The number of nitrogens with zero attached hydrogens (tertiary/aromatic N) is 2. The van der Waals surface area contributed by atoms with Crippen molar-refractivity contribution in [1.29, 1.82) is 0 Å². The molecule has 0 radical (unpaired) electrons. The van der Waals surface area contributed by atoms with Crippen LogP contribution in [0.5, 0.6) is 0 Å². The number of nitrogens with one attached hydrogen (secondary N) is 2. The Hall–Kier alpha value is -2.02. The molecule has 2 aliphatic carbocycles. The molecule has 28 heavy (non-hydrogen) atoms. The minimum atomic E-state index is -0.372. The number of rotatable bonds is 9. The van der Waals surface area contributed by atoms with Crippen LogP contribution in [-0.4, -0.2) is 47.1 Å². The molecule has 1 heterocycles. The molecule has 0 spiro atoms. The third-order valence-electron chi connectivity index (χ3n) is 6.16. The first-order chi connectivity index (χ1) is 13.6. The molecule has 1 atom stereocenters. The van der Waals surface area contributed by atoms with Gasteiger partial charge in [-0.05, 0) is 43.6 Å². The van der Waals surface area contributed by atoms with Gasteiger partial charge in [0.25, 0.3) is 0 Å². The van der Waals surface area contributed by atoms with E-state index in [4.69, 9.17) is 4.74 Å². The van der Waals surface area contributed by atoms with Crippen LogP contribution in [-0.2, 0) is 20.7 Å². The molecule has 0 aromatic carbocycles. The summed E-state index contributed by atoms with van der Waals surface area (Å²) in [5.74, 6) is 0.296. The van der Waals surface area contributed by atoms with Gasteiger partial charge in [0.1, 0.15) is 12.4 Å². The van der Waals surface area contributed by atoms with Crippen molar-refractivity contribution in [2.24, 2.45) is 5.92 Å². The quantitative estimate of drug-likeness (QED) is 0.676. The third kappa shape index (κ3) is 5.50. The van der Waals surface area contributed by atoms with E-state index in [1.807, 2.05) is 0 Å². The van der Waals surface area contributed by atoms with Crippen molar-refractivity contribution in [1.82, 2.24) is 20.6 Å². The number of ether oxygens (including phenoxy) is 1. The van der Waals surface area contributed by atoms with Gasteiger partial charge in [0, 0.05) is 32.5 Å². The topological polar surface area (TPSA) is 93.2 Å². The van der Waals surface area contributed by atoms with Crippen molar-refractivity contribution in [2.75, 3.05) is 13.7 Å². The van der Waals surface area contributed by atoms with Crippen molar-refractivity contribution < 1.29 is 14.3 Å². The first-order valence-corrected chi connectivity index (χ1v) is 10.5. The Kier molecular flexibility index (Phi) is 7.36. The Balaban J connectivity index is 1.53. The number of methoxy groups -OCH3 is 1. The lowest BCUT2D eigenvalue weighted by atomic mass is 9.79. The zero-order valence-electron chi connectivity index (χ0n) is 16.8. The van der Waals surface area contributed by atoms with Crippen molar-refractivity contribution in [3.05, 3.63) is 24.3 Å². The first kappa shape index (κ1) is 20.7. The monoisotopic (exact) mass is 388 g/mol. The molecule has 0 saturated heterocycles. The predicted molar refractivity (Wildman–Crippen MR) is 105 cm³/mol. The summed E-state index contributed by atoms with van der Waals surface area (Å²) in [5, 5.41) is 6.31. The van der Waals surface area contributed by atoms with E-state index >= 15 is 0 Å². The summed E-state index contributed by atoms with van der Waals surface area (Å²) in [6.07, 6.45) is 14.0. The summed E-state index contributed by atoms with van der Waals surface area (Å²) in [4.78, 5) is 33.2. The van der Waals surface area contributed by atoms with Crippen LogP contribution in [0.1, 0.15) is 63.4 Å². The van der Waals surface area contributed by atoms with E-state index in [-0.39, 0.29) is 23.5 Å². The molecular weight excluding hydrogens is 356 g/mol. The number of carbonyl (C=O) groups is 2. The molecule has 0 bridgehead atoms. The average Bonchev–Trinajstić information content (AvgIpc) is 2.69. The first-order valence-electron chi connectivity index (χ1n) is 10.5. The van der Waals surface area contributed by atoms with E-state index in [0.717, 1.165) is 44.1 Å². The average molecular weight is 389 g/mol. The lowest BCUT2D eigenvalue weighted by molar-refractivity contribution is -0.137. The van der Waals surface area contributed by atoms with Crippen LogP contribution in [0.15, 0.2) is 18.7 Å². The molecule has 3 rings (SSSR count). The molecule has 154 valence electrons. The van der Waals surface area contributed by atoms with Crippen molar-refractivity contribution in [2.45, 2.75) is 75.9 Å². The highest BCUT2D eigenvalue weighted by Crippen LogP contribution is 2.32. The van der Waals surface area contributed by atoms with Crippen LogP contribution in [0.3, 0.4) is 0 Å². The molecule has 2 fully saturated rings. The van der Waals surface area contributed by atoms with Gasteiger partial charge in [0.2, 0.25) is 11.8 Å². The highest BCUT2D eigenvalue weighted by Gasteiger charge is 2.37. The van der Waals surface area contributed by atoms with Gasteiger partial charge < -0.3 is 15.4 Å². The highest BCUT2D eigenvalue weighted by atomic mass is 16.5. The number of hydrogen-bond donors (Lipinski definition) is 2. The largest absolute Gasteiger partial charge is 0.371 e. The summed E-state index contributed by atoms with van der Waals surface area (Å²) in [6.45, 7) is 0.471. The minimum Gasteiger partial charge on any atom is -0.371 e. The number of aryl methyl sites for hydroxylation is 1. The Morgan fingerprint density at radius 3 is 2.50 bits per heavy atom. The van der Waals surface area contributed by atoms with Crippen LogP contribution in [0.2, 0.25) is 0 Å². The van der Waals surface area contributed by atoms with Crippen molar-refractivity contribution >= 4 is 11.8 Å². The summed E-state index contributed by atoms with van der Waals surface area (Å²) < 4.78 is 5.45. The Morgan fingerprint density at radius 2 is 1.89 bits per heavy atom. The predicted octanol–water partition coefficient (Wildman–Crippen LogP) is 2.16. The Bertz CT molecular complexity index is 642. The van der Waals surface area contributed by atoms with E-state index in [1.165, 1.54) is 19.2 Å². The molecule has 2 saturated carbocycles. The molecule has 2 amide bonds. The van der Waals surface area contributed by atoms with Crippen LogP contribution in [0, 0.1) is 5.92 Å². The van der Waals surface area contributed by atoms with Crippen LogP contribution in [0.25, 0.3) is 0 Å². The SMILES string of the molecule is COC(C(=O)NCC1(NC(=O)CCc2cncnc2)CCCCC1)C1CCC1. The van der Waals surface area contributed by atoms with Crippen molar-refractivity contribution in [3.8, 4) is 0 Å². The van der Waals surface area contributed by atoms with E-state index < -0.39 is 0 Å². The third-order valence-corrected chi connectivity index (χ3v) is 6.16. The number of amides is 2. The minimum absolute atomic E-state index is 0.0160. The number of hydrogen-bond acceptors (Lipinski definition) is 5. The molecule has 7 nitrogen and oxygen atoms in total. The Labute approximate surface area is 167 Å². The van der Waals surface area contributed by atoms with Gasteiger partial charge in [0.05, 0.1) is 5.54 Å². The van der Waals surface area contributed by atoms with Crippen LogP contribution < -0.4 is 10.6 Å². The molecule has 0 aliphatic heterocycles. The standard InChI is InChI=1S/C21H32N4O3/c1-28-19(17-6-5-7-17)20(27)24-14-21(10-3-2-4-11-21)25-18(26)9-8-16-12-22-15-23-13-16/h12-13,15,17,19H,2-11,14H2,1H3,(H,24,27)(H,25,26). The van der Waals surface area contributed by atoms with Crippen molar-refractivity contribution in [3.63, 3.8) is 0 Å². The molecule has 1 aromatic rings. The fourth-order valence-corrected chi connectivity index (χ4v) is 4.26. The summed E-state index contributed by atoms with van der Waals surface area (Å²) in [7, 11) is 1.61. The number of aromatic nitrogens is 2. The maximum absolute atomic E-state index is 12.6. The second-order valence-corrected chi connectivity index (χ2v) is 8.20. The molecule has 2 aliphatic rings. The molecule has 2 N–H and O–H groups in total. The zero-order valence-corrected chi connectivity index (χ0v) is 16.8. The summed E-state index contributed by atoms with van der Waals surface area (Å²) in [5.41, 5.74) is 0.600. The maximum atomic E-state index is 12.6. The van der Waals surface area contributed by atoms with E-state index in [0.29, 0.717) is 25.3 Å². The number of carbonyl (C=O) groups excluding carboxylic acids is 2. The van der Waals surface area contributed by atoms with Gasteiger partial charge in [-0.1, -0.05) is 25.7 Å². The van der Waals surface area contributed by atoms with Crippen LogP contribution in [0.4, 0.5) is 0 Å². The Morgan fingerprint density at radius 1 is 1.18 bits per heavy atom. The molecule has 7 heteroatoms.